The van der Waals surface area contributed by atoms with Crippen LogP contribution in [0.15, 0.2) is 42.6 Å². The van der Waals surface area contributed by atoms with Gasteiger partial charge in [0.05, 0.1) is 11.1 Å². The summed E-state index contributed by atoms with van der Waals surface area (Å²) < 4.78 is 14.6. The number of carbonyl (C=O) groups excluding carboxylic acids is 1. The lowest BCUT2D eigenvalue weighted by Crippen LogP contribution is -2.38. The first-order valence-corrected chi connectivity index (χ1v) is 9.54. The van der Waals surface area contributed by atoms with Crippen molar-refractivity contribution in [3.63, 3.8) is 0 Å². The average Bonchev–Trinajstić information content (AvgIpc) is 2.69. The highest BCUT2D eigenvalue weighted by Crippen LogP contribution is 2.28. The number of nitrogens with two attached hydrogens (primary N) is 2. The molecule has 8 heteroatoms. The van der Waals surface area contributed by atoms with Gasteiger partial charge in [0, 0.05) is 29.4 Å². The molecule has 1 aromatic carbocycles. The van der Waals surface area contributed by atoms with Crippen molar-refractivity contribution in [3.8, 4) is 0 Å². The van der Waals surface area contributed by atoms with Crippen molar-refractivity contribution in [2.45, 2.75) is 38.8 Å². The molecule has 29 heavy (non-hydrogen) atoms. The molecule has 0 aliphatic carbocycles. The SMILES string of the molecule is CCC[C@@H](Nc1nc(Nc2cccc3ncccc23)c(C(N)=O)cc1F)[C@H](C)N. The van der Waals surface area contributed by atoms with Gasteiger partial charge in [-0.15, -0.1) is 0 Å². The zero-order valence-corrected chi connectivity index (χ0v) is 16.4. The summed E-state index contributed by atoms with van der Waals surface area (Å²) in [5.74, 6) is -1.25. The minimum absolute atomic E-state index is 0.0200. The fraction of sp³-hybridized carbons (Fsp3) is 0.286. The lowest BCUT2D eigenvalue weighted by atomic mass is 10.1. The van der Waals surface area contributed by atoms with Crippen LogP contribution in [0.2, 0.25) is 0 Å². The van der Waals surface area contributed by atoms with E-state index in [4.69, 9.17) is 11.5 Å². The minimum atomic E-state index is -0.777. The van der Waals surface area contributed by atoms with Crippen LogP contribution in [-0.2, 0) is 0 Å². The van der Waals surface area contributed by atoms with Crippen molar-refractivity contribution in [2.24, 2.45) is 11.5 Å². The Kier molecular flexibility index (Phi) is 6.23. The number of hydrogen-bond donors (Lipinski definition) is 4. The van der Waals surface area contributed by atoms with Gasteiger partial charge in [0.25, 0.3) is 5.91 Å². The van der Waals surface area contributed by atoms with Crippen LogP contribution in [0.4, 0.5) is 21.7 Å². The van der Waals surface area contributed by atoms with Gasteiger partial charge in [0.1, 0.15) is 5.82 Å². The molecule has 0 aliphatic rings. The molecule has 152 valence electrons. The number of amides is 1. The molecule has 0 saturated carbocycles. The third-order valence-corrected chi connectivity index (χ3v) is 4.70. The first-order valence-electron chi connectivity index (χ1n) is 9.54. The largest absolute Gasteiger partial charge is 0.365 e. The van der Waals surface area contributed by atoms with E-state index in [-0.39, 0.29) is 29.3 Å². The second-order valence-electron chi connectivity index (χ2n) is 6.98. The highest BCUT2D eigenvalue weighted by atomic mass is 19.1. The van der Waals surface area contributed by atoms with E-state index in [1.165, 1.54) is 0 Å². The molecule has 1 amide bonds. The zero-order chi connectivity index (χ0) is 21.0. The van der Waals surface area contributed by atoms with Crippen LogP contribution in [0, 0.1) is 5.82 Å². The number of carbonyl (C=O) groups is 1. The van der Waals surface area contributed by atoms with Crippen molar-refractivity contribution in [1.29, 1.82) is 0 Å². The average molecular weight is 396 g/mol. The van der Waals surface area contributed by atoms with Gasteiger partial charge in [0.15, 0.2) is 11.6 Å². The fourth-order valence-corrected chi connectivity index (χ4v) is 3.17. The van der Waals surface area contributed by atoms with Gasteiger partial charge in [-0.3, -0.25) is 9.78 Å². The van der Waals surface area contributed by atoms with E-state index in [9.17, 15) is 9.18 Å². The Hall–Kier alpha value is -3.26. The van der Waals surface area contributed by atoms with Gasteiger partial charge in [0.2, 0.25) is 0 Å². The van der Waals surface area contributed by atoms with E-state index < -0.39 is 11.7 Å². The molecule has 3 aromatic rings. The lowest BCUT2D eigenvalue weighted by Gasteiger charge is -2.23. The number of anilines is 3. The van der Waals surface area contributed by atoms with Crippen LogP contribution in [0.3, 0.4) is 0 Å². The van der Waals surface area contributed by atoms with Gasteiger partial charge >= 0.3 is 0 Å². The molecule has 0 bridgehead atoms. The molecule has 6 N–H and O–H groups in total. The maximum Gasteiger partial charge on any atom is 0.252 e. The second-order valence-corrected chi connectivity index (χ2v) is 6.98. The molecular formula is C21H25FN6O. The number of pyridine rings is 2. The summed E-state index contributed by atoms with van der Waals surface area (Å²) in [6.45, 7) is 3.88. The molecular weight excluding hydrogens is 371 g/mol. The summed E-state index contributed by atoms with van der Waals surface area (Å²) in [6.07, 6.45) is 3.34. The van der Waals surface area contributed by atoms with Gasteiger partial charge < -0.3 is 22.1 Å². The molecule has 0 spiro atoms. The summed E-state index contributed by atoms with van der Waals surface area (Å²) in [5, 5.41) is 7.01. The van der Waals surface area contributed by atoms with Crippen molar-refractivity contribution in [3.05, 3.63) is 54.0 Å². The Morgan fingerprint density at radius 2 is 2.03 bits per heavy atom. The van der Waals surface area contributed by atoms with Crippen LogP contribution in [-0.4, -0.2) is 28.0 Å². The number of primary amides is 1. The quantitative estimate of drug-likeness (QED) is 0.462. The molecule has 3 rings (SSSR count). The highest BCUT2D eigenvalue weighted by molar-refractivity contribution is 6.00. The molecule has 0 radical (unpaired) electrons. The Labute approximate surface area is 168 Å². The number of halogens is 1. The highest BCUT2D eigenvalue weighted by Gasteiger charge is 2.20. The Balaban J connectivity index is 2.03. The first kappa shape index (κ1) is 20.5. The normalized spacial score (nSPS) is 13.1. The van der Waals surface area contributed by atoms with Gasteiger partial charge in [-0.25, -0.2) is 9.37 Å². The van der Waals surface area contributed by atoms with Crippen molar-refractivity contribution in [1.82, 2.24) is 9.97 Å². The number of rotatable bonds is 8. The standard InChI is InChI=1S/C21H25FN6O/c1-3-6-16(12(2)23)26-21-15(22)11-14(19(24)29)20(28-21)27-18-9-4-8-17-13(18)7-5-10-25-17/h4-5,7-12,16H,3,6,23H2,1-2H3,(H2,24,29)(H2,26,27,28)/t12-,16+/m0/s1. The molecule has 2 heterocycles. The van der Waals surface area contributed by atoms with E-state index >= 15 is 0 Å². The van der Waals surface area contributed by atoms with Gasteiger partial charge in [-0.1, -0.05) is 19.4 Å². The lowest BCUT2D eigenvalue weighted by molar-refractivity contribution is 0.100. The summed E-state index contributed by atoms with van der Waals surface area (Å²) in [5.41, 5.74) is 12.9. The summed E-state index contributed by atoms with van der Waals surface area (Å²) in [6, 6.07) is 9.97. The van der Waals surface area contributed by atoms with Crippen LogP contribution < -0.4 is 22.1 Å². The Morgan fingerprint density at radius 1 is 1.24 bits per heavy atom. The molecule has 0 saturated heterocycles. The molecule has 2 atom stereocenters. The van der Waals surface area contributed by atoms with E-state index in [0.29, 0.717) is 5.69 Å². The van der Waals surface area contributed by atoms with Crippen molar-refractivity contribution < 1.29 is 9.18 Å². The number of aromatic nitrogens is 2. The Morgan fingerprint density at radius 3 is 2.72 bits per heavy atom. The van der Waals surface area contributed by atoms with Gasteiger partial charge in [-0.2, -0.15) is 0 Å². The Bertz CT molecular complexity index is 1020. The van der Waals surface area contributed by atoms with Crippen LogP contribution >= 0.6 is 0 Å². The predicted molar refractivity (Wildman–Crippen MR) is 114 cm³/mol. The third kappa shape index (κ3) is 4.60. The van der Waals surface area contributed by atoms with Crippen LogP contribution in [0.5, 0.6) is 0 Å². The first-order chi connectivity index (χ1) is 13.9. The summed E-state index contributed by atoms with van der Waals surface area (Å²) in [7, 11) is 0. The number of nitrogens with one attached hydrogen (secondary N) is 2. The second kappa shape index (κ2) is 8.83. The van der Waals surface area contributed by atoms with E-state index in [2.05, 4.69) is 20.6 Å². The molecule has 0 aliphatic heterocycles. The number of nitrogens with zero attached hydrogens (tertiary/aromatic N) is 2. The fourth-order valence-electron chi connectivity index (χ4n) is 3.17. The molecule has 0 unspecified atom stereocenters. The molecule has 7 nitrogen and oxygen atoms in total. The number of benzene rings is 1. The van der Waals surface area contributed by atoms with Crippen molar-refractivity contribution in [2.75, 3.05) is 10.6 Å². The van der Waals surface area contributed by atoms with Gasteiger partial charge in [-0.05, 0) is 43.7 Å². The number of fused-ring (bicyclic) bond motifs is 1. The van der Waals surface area contributed by atoms with E-state index in [1.54, 1.807) is 6.20 Å². The van der Waals surface area contributed by atoms with Crippen LogP contribution in [0.25, 0.3) is 10.9 Å². The summed E-state index contributed by atoms with van der Waals surface area (Å²) >= 11 is 0. The summed E-state index contributed by atoms with van der Waals surface area (Å²) in [4.78, 5) is 20.5. The predicted octanol–water partition coefficient (Wildman–Crippen LogP) is 3.54. The van der Waals surface area contributed by atoms with E-state index in [1.807, 2.05) is 44.2 Å². The maximum atomic E-state index is 14.6. The topological polar surface area (TPSA) is 119 Å². The smallest absolute Gasteiger partial charge is 0.252 e. The minimum Gasteiger partial charge on any atom is -0.365 e. The molecule has 2 aromatic heterocycles. The maximum absolute atomic E-state index is 14.6. The van der Waals surface area contributed by atoms with E-state index in [0.717, 1.165) is 29.8 Å². The third-order valence-electron chi connectivity index (χ3n) is 4.70. The number of hydrogen-bond acceptors (Lipinski definition) is 6. The van der Waals surface area contributed by atoms with Crippen molar-refractivity contribution >= 4 is 34.1 Å². The molecule has 0 fully saturated rings. The monoisotopic (exact) mass is 396 g/mol. The zero-order valence-electron chi connectivity index (χ0n) is 16.4. The van der Waals surface area contributed by atoms with Crippen LogP contribution in [0.1, 0.15) is 37.0 Å².